The van der Waals surface area contributed by atoms with Crippen LogP contribution in [0.3, 0.4) is 0 Å². The minimum Gasteiger partial charge on any atom is -0.507 e. The fourth-order valence-electron chi connectivity index (χ4n) is 2.45. The highest BCUT2D eigenvalue weighted by Crippen LogP contribution is 2.36. The predicted octanol–water partition coefficient (Wildman–Crippen LogP) is 2.62. The Kier molecular flexibility index (Phi) is 2.86. The standard InChI is InChI=1S/C13H16O3/c1-8-4-3-5-10-9(8)6-7-11(14)12(10)13(15)16-2/h6-8,14H,3-5H2,1-2H3. The van der Waals surface area contributed by atoms with Gasteiger partial charge >= 0.3 is 5.97 Å². The third kappa shape index (κ3) is 1.66. The van der Waals surface area contributed by atoms with Gasteiger partial charge in [0, 0.05) is 0 Å². The Morgan fingerprint density at radius 1 is 1.50 bits per heavy atom. The first-order valence-corrected chi connectivity index (χ1v) is 5.58. The maximum atomic E-state index is 11.6. The number of hydrogen-bond donors (Lipinski definition) is 1. The van der Waals surface area contributed by atoms with E-state index in [9.17, 15) is 9.90 Å². The average molecular weight is 220 g/mol. The van der Waals surface area contributed by atoms with Crippen LogP contribution in [0, 0.1) is 0 Å². The first kappa shape index (κ1) is 11.0. The Bertz CT molecular complexity index is 423. The van der Waals surface area contributed by atoms with Crippen molar-refractivity contribution in [2.45, 2.75) is 32.1 Å². The summed E-state index contributed by atoms with van der Waals surface area (Å²) in [7, 11) is 1.34. The molecule has 0 radical (unpaired) electrons. The highest BCUT2D eigenvalue weighted by Gasteiger charge is 2.25. The van der Waals surface area contributed by atoms with Gasteiger partial charge in [-0.15, -0.1) is 0 Å². The van der Waals surface area contributed by atoms with E-state index in [4.69, 9.17) is 4.74 Å². The smallest absolute Gasteiger partial charge is 0.341 e. The number of carbonyl (C=O) groups is 1. The van der Waals surface area contributed by atoms with Crippen LogP contribution in [-0.2, 0) is 11.2 Å². The van der Waals surface area contributed by atoms with Gasteiger partial charge in [-0.2, -0.15) is 0 Å². The Morgan fingerprint density at radius 2 is 2.25 bits per heavy atom. The molecule has 0 spiro atoms. The van der Waals surface area contributed by atoms with Gasteiger partial charge in [-0.3, -0.25) is 0 Å². The van der Waals surface area contributed by atoms with Gasteiger partial charge in [0.2, 0.25) is 0 Å². The topological polar surface area (TPSA) is 46.5 Å². The van der Waals surface area contributed by atoms with E-state index in [2.05, 4.69) is 6.92 Å². The zero-order valence-electron chi connectivity index (χ0n) is 9.62. The van der Waals surface area contributed by atoms with Gasteiger partial charge in [-0.1, -0.05) is 13.0 Å². The third-order valence-corrected chi connectivity index (χ3v) is 3.31. The van der Waals surface area contributed by atoms with Gasteiger partial charge in [0.15, 0.2) is 0 Å². The summed E-state index contributed by atoms with van der Waals surface area (Å²) in [5.74, 6) is 0.0379. The van der Waals surface area contributed by atoms with Gasteiger partial charge < -0.3 is 9.84 Å². The molecule has 1 aliphatic carbocycles. The number of phenolic OH excluding ortho intramolecular Hbond substituents is 1. The molecule has 0 amide bonds. The van der Waals surface area contributed by atoms with E-state index in [1.807, 2.05) is 6.07 Å². The monoisotopic (exact) mass is 220 g/mol. The van der Waals surface area contributed by atoms with Crippen molar-refractivity contribution in [3.8, 4) is 5.75 Å². The Morgan fingerprint density at radius 3 is 2.94 bits per heavy atom. The van der Waals surface area contributed by atoms with Crippen LogP contribution in [0.4, 0.5) is 0 Å². The lowest BCUT2D eigenvalue weighted by Crippen LogP contribution is -2.14. The zero-order valence-corrected chi connectivity index (χ0v) is 9.62. The van der Waals surface area contributed by atoms with E-state index in [1.165, 1.54) is 12.7 Å². The largest absolute Gasteiger partial charge is 0.507 e. The van der Waals surface area contributed by atoms with Crippen LogP contribution in [0.25, 0.3) is 0 Å². The summed E-state index contributed by atoms with van der Waals surface area (Å²) >= 11 is 0. The maximum Gasteiger partial charge on any atom is 0.341 e. The predicted molar refractivity (Wildman–Crippen MR) is 60.8 cm³/mol. The minimum atomic E-state index is -0.441. The number of aromatic hydroxyl groups is 1. The van der Waals surface area contributed by atoms with Crippen molar-refractivity contribution in [2.24, 2.45) is 0 Å². The van der Waals surface area contributed by atoms with Crippen LogP contribution in [-0.4, -0.2) is 18.2 Å². The fourth-order valence-corrected chi connectivity index (χ4v) is 2.45. The molecule has 3 nitrogen and oxygen atoms in total. The van der Waals surface area contributed by atoms with Crippen molar-refractivity contribution >= 4 is 5.97 Å². The summed E-state index contributed by atoms with van der Waals surface area (Å²) < 4.78 is 4.72. The van der Waals surface area contributed by atoms with E-state index in [-0.39, 0.29) is 5.75 Å². The van der Waals surface area contributed by atoms with Crippen LogP contribution in [0.5, 0.6) is 5.75 Å². The first-order chi connectivity index (χ1) is 7.65. The second kappa shape index (κ2) is 4.16. The van der Waals surface area contributed by atoms with Crippen LogP contribution < -0.4 is 0 Å². The molecule has 0 saturated carbocycles. The van der Waals surface area contributed by atoms with E-state index in [0.29, 0.717) is 11.5 Å². The normalized spacial score (nSPS) is 19.0. The lowest BCUT2D eigenvalue weighted by atomic mass is 9.81. The number of hydrogen-bond acceptors (Lipinski definition) is 3. The minimum absolute atomic E-state index is 0.0275. The Hall–Kier alpha value is -1.51. The number of rotatable bonds is 1. The fraction of sp³-hybridized carbons (Fsp3) is 0.462. The van der Waals surface area contributed by atoms with E-state index in [1.54, 1.807) is 6.07 Å². The van der Waals surface area contributed by atoms with Gasteiger partial charge in [0.1, 0.15) is 11.3 Å². The quantitative estimate of drug-likeness (QED) is 0.740. The molecule has 0 bridgehead atoms. The summed E-state index contributed by atoms with van der Waals surface area (Å²) in [6.07, 6.45) is 3.04. The molecule has 1 N–H and O–H groups in total. The molecule has 3 heteroatoms. The van der Waals surface area contributed by atoms with Crippen LogP contribution in [0.15, 0.2) is 12.1 Å². The van der Waals surface area contributed by atoms with E-state index in [0.717, 1.165) is 24.8 Å². The molecule has 1 aromatic rings. The molecule has 2 rings (SSSR count). The Labute approximate surface area is 95.0 Å². The second-order valence-electron chi connectivity index (χ2n) is 4.31. The van der Waals surface area contributed by atoms with Crippen molar-refractivity contribution in [2.75, 3.05) is 7.11 Å². The maximum absolute atomic E-state index is 11.6. The molecule has 0 aromatic heterocycles. The SMILES string of the molecule is COC(=O)c1c(O)ccc2c1CCCC2C. The molecular weight excluding hydrogens is 204 g/mol. The van der Waals surface area contributed by atoms with Crippen LogP contribution in [0.1, 0.15) is 47.2 Å². The van der Waals surface area contributed by atoms with Gasteiger partial charge in [-0.25, -0.2) is 4.79 Å². The molecule has 1 unspecified atom stereocenters. The number of phenols is 1. The molecule has 0 aliphatic heterocycles. The van der Waals surface area contributed by atoms with Gasteiger partial charge in [0.05, 0.1) is 7.11 Å². The molecule has 86 valence electrons. The van der Waals surface area contributed by atoms with E-state index >= 15 is 0 Å². The molecule has 1 atom stereocenters. The lowest BCUT2D eigenvalue weighted by Gasteiger charge is -2.24. The molecule has 0 heterocycles. The summed E-state index contributed by atoms with van der Waals surface area (Å²) in [6, 6.07) is 3.51. The highest BCUT2D eigenvalue weighted by atomic mass is 16.5. The first-order valence-electron chi connectivity index (χ1n) is 5.58. The van der Waals surface area contributed by atoms with Gasteiger partial charge in [-0.05, 0) is 42.4 Å². The summed E-state index contributed by atoms with van der Waals surface area (Å²) in [4.78, 5) is 11.6. The number of fused-ring (bicyclic) bond motifs is 1. The zero-order chi connectivity index (χ0) is 11.7. The number of carbonyl (C=O) groups excluding carboxylic acids is 1. The molecular formula is C13H16O3. The number of benzene rings is 1. The van der Waals surface area contributed by atoms with Crippen molar-refractivity contribution in [3.63, 3.8) is 0 Å². The summed E-state index contributed by atoms with van der Waals surface area (Å²) in [5, 5.41) is 9.75. The third-order valence-electron chi connectivity index (χ3n) is 3.31. The molecule has 0 saturated heterocycles. The molecule has 16 heavy (non-hydrogen) atoms. The molecule has 1 aliphatic rings. The Balaban J connectivity index is 2.58. The highest BCUT2D eigenvalue weighted by molar-refractivity contribution is 5.94. The summed E-state index contributed by atoms with van der Waals surface area (Å²) in [5.41, 5.74) is 2.49. The van der Waals surface area contributed by atoms with E-state index < -0.39 is 5.97 Å². The second-order valence-corrected chi connectivity index (χ2v) is 4.31. The van der Waals surface area contributed by atoms with Crippen molar-refractivity contribution in [3.05, 3.63) is 28.8 Å². The number of esters is 1. The van der Waals surface area contributed by atoms with Crippen LogP contribution >= 0.6 is 0 Å². The lowest BCUT2D eigenvalue weighted by molar-refractivity contribution is 0.0595. The van der Waals surface area contributed by atoms with Crippen molar-refractivity contribution in [1.29, 1.82) is 0 Å². The molecule has 0 fully saturated rings. The van der Waals surface area contributed by atoms with Crippen molar-refractivity contribution < 1.29 is 14.6 Å². The number of methoxy groups -OCH3 is 1. The molecule has 1 aromatic carbocycles. The summed E-state index contributed by atoms with van der Waals surface area (Å²) in [6.45, 7) is 2.15. The van der Waals surface area contributed by atoms with Crippen LogP contribution in [0.2, 0.25) is 0 Å². The van der Waals surface area contributed by atoms with Crippen molar-refractivity contribution in [1.82, 2.24) is 0 Å². The average Bonchev–Trinajstić information content (AvgIpc) is 2.28. The number of ether oxygens (including phenoxy) is 1. The van der Waals surface area contributed by atoms with Gasteiger partial charge in [0.25, 0.3) is 0 Å².